The van der Waals surface area contributed by atoms with Crippen molar-refractivity contribution in [1.29, 1.82) is 0 Å². The minimum absolute atomic E-state index is 0.0675. The molecular formula is C30H50O4. The lowest BCUT2D eigenvalue weighted by Crippen LogP contribution is -2.36. The van der Waals surface area contributed by atoms with E-state index in [0.29, 0.717) is 31.5 Å². The molecule has 0 bridgehead atoms. The lowest BCUT2D eigenvalue weighted by molar-refractivity contribution is -0.159. The Labute approximate surface area is 209 Å². The Morgan fingerprint density at radius 2 is 1.29 bits per heavy atom. The van der Waals surface area contributed by atoms with Crippen LogP contribution in [-0.2, 0) is 25.5 Å². The minimum atomic E-state index is -0.531. The molecule has 0 aliphatic rings. The summed E-state index contributed by atoms with van der Waals surface area (Å²) in [7, 11) is 0. The van der Waals surface area contributed by atoms with Gasteiger partial charge >= 0.3 is 11.9 Å². The van der Waals surface area contributed by atoms with Crippen molar-refractivity contribution in [2.75, 3.05) is 13.2 Å². The molecule has 34 heavy (non-hydrogen) atoms. The van der Waals surface area contributed by atoms with E-state index >= 15 is 0 Å². The molecule has 0 saturated heterocycles. The van der Waals surface area contributed by atoms with Crippen molar-refractivity contribution < 1.29 is 19.1 Å². The van der Waals surface area contributed by atoms with Crippen LogP contribution in [0.1, 0.15) is 105 Å². The topological polar surface area (TPSA) is 52.6 Å². The van der Waals surface area contributed by atoms with Gasteiger partial charge in [-0.05, 0) is 42.1 Å². The van der Waals surface area contributed by atoms with E-state index < -0.39 is 11.3 Å². The fraction of sp³-hybridized carbons (Fsp3) is 0.733. The van der Waals surface area contributed by atoms with Gasteiger partial charge in [-0.3, -0.25) is 9.59 Å². The smallest absolute Gasteiger partial charge is 0.310 e. The van der Waals surface area contributed by atoms with Gasteiger partial charge in [0.25, 0.3) is 0 Å². The van der Waals surface area contributed by atoms with Crippen molar-refractivity contribution >= 4 is 11.9 Å². The van der Waals surface area contributed by atoms with Crippen molar-refractivity contribution in [2.45, 2.75) is 106 Å². The van der Waals surface area contributed by atoms with Crippen LogP contribution in [0.25, 0.3) is 0 Å². The highest BCUT2D eigenvalue weighted by Crippen LogP contribution is 2.35. The second kappa shape index (κ2) is 16.7. The molecule has 1 rings (SSSR count). The summed E-state index contributed by atoms with van der Waals surface area (Å²) in [5, 5.41) is 0. The largest absolute Gasteiger partial charge is 0.466 e. The molecular weight excluding hydrogens is 424 g/mol. The normalized spacial score (nSPS) is 12.7. The van der Waals surface area contributed by atoms with Crippen LogP contribution in [-0.4, -0.2) is 25.2 Å². The molecule has 4 nitrogen and oxygen atoms in total. The first-order valence-electron chi connectivity index (χ1n) is 13.5. The molecule has 0 aliphatic heterocycles. The molecule has 0 fully saturated rings. The van der Waals surface area contributed by atoms with E-state index in [1.807, 2.05) is 32.0 Å². The summed E-state index contributed by atoms with van der Waals surface area (Å²) in [5.74, 6) is 0.294. The van der Waals surface area contributed by atoms with Crippen LogP contribution in [0.2, 0.25) is 0 Å². The maximum Gasteiger partial charge on any atom is 0.310 e. The van der Waals surface area contributed by atoms with Crippen LogP contribution in [0.4, 0.5) is 0 Å². The number of unbranched alkanes of at least 4 members (excludes halogenated alkanes) is 4. The second-order valence-corrected chi connectivity index (χ2v) is 11.3. The third-order valence-corrected chi connectivity index (χ3v) is 6.46. The van der Waals surface area contributed by atoms with Crippen LogP contribution in [0.3, 0.4) is 0 Å². The number of benzene rings is 1. The average Bonchev–Trinajstić information content (AvgIpc) is 2.76. The Bertz CT molecular complexity index is 678. The van der Waals surface area contributed by atoms with Gasteiger partial charge in [-0.15, -0.1) is 0 Å². The zero-order valence-electron chi connectivity index (χ0n) is 22.7. The fourth-order valence-corrected chi connectivity index (χ4v) is 4.27. The lowest BCUT2D eigenvalue weighted by Gasteiger charge is -2.32. The van der Waals surface area contributed by atoms with Crippen molar-refractivity contribution in [3.8, 4) is 0 Å². The predicted octanol–water partition coefficient (Wildman–Crippen LogP) is 7.78. The molecule has 0 heterocycles. The van der Waals surface area contributed by atoms with Gasteiger partial charge in [-0.1, -0.05) is 110 Å². The van der Waals surface area contributed by atoms with E-state index in [9.17, 15) is 9.59 Å². The van der Waals surface area contributed by atoms with Crippen molar-refractivity contribution in [3.05, 3.63) is 35.9 Å². The molecule has 1 aromatic carbocycles. The summed E-state index contributed by atoms with van der Waals surface area (Å²) >= 11 is 0. The maximum absolute atomic E-state index is 13.1. The minimum Gasteiger partial charge on any atom is -0.466 e. The van der Waals surface area contributed by atoms with Crippen LogP contribution >= 0.6 is 0 Å². The molecule has 1 unspecified atom stereocenters. The van der Waals surface area contributed by atoms with Crippen LogP contribution < -0.4 is 0 Å². The Balaban J connectivity index is 2.63. The summed E-state index contributed by atoms with van der Waals surface area (Å²) in [4.78, 5) is 25.8. The molecule has 0 spiro atoms. The second-order valence-electron chi connectivity index (χ2n) is 11.3. The number of carbonyl (C=O) groups excluding carboxylic acids is 2. The van der Waals surface area contributed by atoms with E-state index in [4.69, 9.17) is 9.47 Å². The first-order valence-corrected chi connectivity index (χ1v) is 13.5. The predicted molar refractivity (Wildman–Crippen MR) is 141 cm³/mol. The first kappa shape index (κ1) is 30.2. The van der Waals surface area contributed by atoms with Gasteiger partial charge < -0.3 is 9.47 Å². The zero-order valence-corrected chi connectivity index (χ0v) is 22.7. The Morgan fingerprint density at radius 3 is 1.82 bits per heavy atom. The molecule has 194 valence electrons. The van der Waals surface area contributed by atoms with Gasteiger partial charge in [-0.2, -0.15) is 0 Å². The van der Waals surface area contributed by atoms with E-state index in [2.05, 4.69) is 39.8 Å². The van der Waals surface area contributed by atoms with Gasteiger partial charge in [0.1, 0.15) is 0 Å². The average molecular weight is 475 g/mol. The molecule has 0 radical (unpaired) electrons. The van der Waals surface area contributed by atoms with E-state index in [1.165, 1.54) is 12.8 Å². The molecule has 1 atom stereocenters. The van der Waals surface area contributed by atoms with Gasteiger partial charge in [0, 0.05) is 0 Å². The van der Waals surface area contributed by atoms with Crippen molar-refractivity contribution in [2.24, 2.45) is 23.2 Å². The molecule has 0 saturated carbocycles. The summed E-state index contributed by atoms with van der Waals surface area (Å²) in [6.07, 6.45) is 9.34. The van der Waals surface area contributed by atoms with Crippen molar-refractivity contribution in [1.82, 2.24) is 0 Å². The molecule has 0 amide bonds. The number of hydrogen-bond acceptors (Lipinski definition) is 4. The number of hydrogen-bond donors (Lipinski definition) is 0. The summed E-state index contributed by atoms with van der Waals surface area (Å²) in [6.45, 7) is 13.8. The van der Waals surface area contributed by atoms with Gasteiger partial charge in [0.05, 0.1) is 25.6 Å². The third-order valence-electron chi connectivity index (χ3n) is 6.46. The van der Waals surface area contributed by atoms with E-state index in [1.54, 1.807) is 0 Å². The van der Waals surface area contributed by atoms with Gasteiger partial charge in [-0.25, -0.2) is 0 Å². The summed E-state index contributed by atoms with van der Waals surface area (Å²) in [6, 6.07) is 10.1. The Morgan fingerprint density at radius 1 is 0.765 bits per heavy atom. The first-order chi connectivity index (χ1) is 16.1. The monoisotopic (exact) mass is 474 g/mol. The molecule has 0 aromatic heterocycles. The van der Waals surface area contributed by atoms with Crippen LogP contribution in [0.5, 0.6) is 0 Å². The van der Waals surface area contributed by atoms with Gasteiger partial charge in [0.2, 0.25) is 0 Å². The van der Waals surface area contributed by atoms with E-state index in [0.717, 1.165) is 44.1 Å². The Hall–Kier alpha value is -1.84. The summed E-state index contributed by atoms with van der Waals surface area (Å²) < 4.78 is 11.2. The molecule has 1 aromatic rings. The fourth-order valence-electron chi connectivity index (χ4n) is 4.27. The number of rotatable bonds is 18. The highest BCUT2D eigenvalue weighted by molar-refractivity contribution is 5.80. The zero-order chi connectivity index (χ0) is 25.4. The third kappa shape index (κ3) is 13.8. The van der Waals surface area contributed by atoms with Crippen LogP contribution in [0, 0.1) is 23.2 Å². The summed E-state index contributed by atoms with van der Waals surface area (Å²) in [5.41, 5.74) is 0.726. The van der Waals surface area contributed by atoms with Gasteiger partial charge in [0.15, 0.2) is 0 Å². The number of carbonyl (C=O) groups is 2. The molecule has 0 N–H and O–H groups in total. The standard InChI is InChI=1S/C30H50O4/c1-24(2)16-10-8-14-20-33-28(31)22-27(29(32)34-21-15-9-11-17-25(3)4)30(5,6)23-26-18-12-7-13-19-26/h7,12-13,18-19,24-25,27H,8-11,14-17,20-23H2,1-6H3. The van der Waals surface area contributed by atoms with E-state index in [-0.39, 0.29) is 18.4 Å². The van der Waals surface area contributed by atoms with Crippen molar-refractivity contribution in [3.63, 3.8) is 0 Å². The maximum atomic E-state index is 13.1. The number of ether oxygens (including phenoxy) is 2. The SMILES string of the molecule is CC(C)CCCCCOC(=O)CC(C(=O)OCCCCCC(C)C)C(C)(C)Cc1ccccc1. The lowest BCUT2D eigenvalue weighted by atomic mass is 9.73. The molecule has 4 heteroatoms. The Kier molecular flexibility index (Phi) is 14.9. The number of esters is 2. The highest BCUT2D eigenvalue weighted by atomic mass is 16.5. The molecule has 0 aliphatic carbocycles. The quantitative estimate of drug-likeness (QED) is 0.161. The highest BCUT2D eigenvalue weighted by Gasteiger charge is 2.38. The van der Waals surface area contributed by atoms with Crippen LogP contribution in [0.15, 0.2) is 30.3 Å².